The van der Waals surface area contributed by atoms with Crippen molar-refractivity contribution in [1.29, 1.82) is 0 Å². The summed E-state index contributed by atoms with van der Waals surface area (Å²) in [6.45, 7) is 1.55. The molecule has 1 unspecified atom stereocenters. The van der Waals surface area contributed by atoms with Crippen molar-refractivity contribution in [2.45, 2.75) is 19.4 Å². The van der Waals surface area contributed by atoms with Gasteiger partial charge in [-0.15, -0.1) is 0 Å². The van der Waals surface area contributed by atoms with Crippen molar-refractivity contribution in [1.82, 2.24) is 5.32 Å². The highest BCUT2D eigenvalue weighted by Crippen LogP contribution is 2.29. The number of hydrogen-bond donors (Lipinski definition) is 3. The van der Waals surface area contributed by atoms with Gasteiger partial charge in [0, 0.05) is 18.5 Å². The van der Waals surface area contributed by atoms with Gasteiger partial charge < -0.3 is 16.2 Å². The van der Waals surface area contributed by atoms with Crippen LogP contribution in [0.2, 0.25) is 0 Å². The van der Waals surface area contributed by atoms with Crippen LogP contribution < -0.4 is 11.1 Å². The quantitative estimate of drug-likeness (QED) is 0.520. The number of phenols is 1. The lowest BCUT2D eigenvalue weighted by molar-refractivity contribution is -0.385. The number of carbonyl (C=O) groups excluding carboxylic acids is 2. The summed E-state index contributed by atoms with van der Waals surface area (Å²) in [5.41, 5.74) is 4.18. The number of hydrogen-bond acceptors (Lipinski definition) is 5. The third kappa shape index (κ3) is 3.66. The monoisotopic (exact) mass is 267 g/mol. The summed E-state index contributed by atoms with van der Waals surface area (Å²) >= 11 is 0. The van der Waals surface area contributed by atoms with E-state index in [4.69, 9.17) is 5.73 Å². The Bertz CT molecular complexity index is 529. The number of primary amides is 1. The lowest BCUT2D eigenvalue weighted by atomic mass is 10.1. The van der Waals surface area contributed by atoms with E-state index in [1.807, 2.05) is 0 Å². The van der Waals surface area contributed by atoms with E-state index in [9.17, 15) is 24.8 Å². The van der Waals surface area contributed by atoms with Gasteiger partial charge in [-0.2, -0.15) is 0 Å². The van der Waals surface area contributed by atoms with Crippen LogP contribution in [0.4, 0.5) is 5.69 Å². The van der Waals surface area contributed by atoms with Gasteiger partial charge in [0.15, 0.2) is 0 Å². The van der Waals surface area contributed by atoms with Crippen molar-refractivity contribution in [3.8, 4) is 5.75 Å². The van der Waals surface area contributed by atoms with Crippen molar-refractivity contribution in [3.63, 3.8) is 0 Å². The fourth-order valence-electron chi connectivity index (χ4n) is 1.52. The van der Waals surface area contributed by atoms with Crippen LogP contribution in [-0.2, 0) is 4.79 Å². The number of nitrogens with two attached hydrogens (primary N) is 1. The molecule has 0 fully saturated rings. The van der Waals surface area contributed by atoms with Crippen molar-refractivity contribution in [2.24, 2.45) is 5.73 Å². The summed E-state index contributed by atoms with van der Waals surface area (Å²) in [5, 5.41) is 22.7. The lowest BCUT2D eigenvalue weighted by Crippen LogP contribution is -2.35. The van der Waals surface area contributed by atoms with Crippen LogP contribution in [-0.4, -0.2) is 27.9 Å². The van der Waals surface area contributed by atoms with E-state index < -0.39 is 34.2 Å². The van der Waals surface area contributed by atoms with E-state index in [0.29, 0.717) is 0 Å². The summed E-state index contributed by atoms with van der Waals surface area (Å²) in [6.07, 6.45) is -0.0680. The molecule has 0 aliphatic heterocycles. The number of benzene rings is 1. The number of nitrogens with zero attached hydrogens (tertiary/aromatic N) is 1. The standard InChI is InChI=1S/C11H13N3O5/c1-6(5-9(12)15)13-11(17)7-3-2-4-8(10(7)16)14(18)19/h2-4,6,16H,5H2,1H3,(H2,12,15)(H,13,17). The number of nitro groups is 1. The Hall–Kier alpha value is -2.64. The van der Waals surface area contributed by atoms with Crippen LogP contribution in [0.25, 0.3) is 0 Å². The molecule has 0 radical (unpaired) electrons. The highest BCUT2D eigenvalue weighted by Gasteiger charge is 2.21. The molecule has 0 aliphatic carbocycles. The third-order valence-electron chi connectivity index (χ3n) is 2.34. The maximum atomic E-state index is 11.8. The van der Waals surface area contributed by atoms with Gasteiger partial charge in [0.1, 0.15) is 0 Å². The third-order valence-corrected chi connectivity index (χ3v) is 2.34. The summed E-state index contributed by atoms with van der Waals surface area (Å²) in [6, 6.07) is 3.07. The molecule has 0 aliphatic rings. The van der Waals surface area contributed by atoms with Gasteiger partial charge in [-0.1, -0.05) is 6.07 Å². The Balaban J connectivity index is 2.92. The van der Waals surface area contributed by atoms with E-state index >= 15 is 0 Å². The number of nitrogens with one attached hydrogen (secondary N) is 1. The molecule has 0 heterocycles. The zero-order chi connectivity index (χ0) is 14.6. The van der Waals surface area contributed by atoms with Crippen LogP contribution in [0.5, 0.6) is 5.75 Å². The van der Waals surface area contributed by atoms with Gasteiger partial charge in [-0.3, -0.25) is 19.7 Å². The van der Waals surface area contributed by atoms with Crippen molar-refractivity contribution >= 4 is 17.5 Å². The lowest BCUT2D eigenvalue weighted by Gasteiger charge is -2.12. The molecule has 1 atom stereocenters. The second-order valence-corrected chi connectivity index (χ2v) is 3.98. The minimum absolute atomic E-state index is 0.0680. The van der Waals surface area contributed by atoms with Crippen LogP contribution in [0.1, 0.15) is 23.7 Å². The van der Waals surface area contributed by atoms with Gasteiger partial charge in [0.05, 0.1) is 10.5 Å². The molecule has 0 saturated carbocycles. The molecule has 8 nitrogen and oxygen atoms in total. The first-order valence-electron chi connectivity index (χ1n) is 5.38. The van der Waals surface area contributed by atoms with Gasteiger partial charge in [0.25, 0.3) is 5.91 Å². The molecular weight excluding hydrogens is 254 g/mol. The molecule has 0 spiro atoms. The topological polar surface area (TPSA) is 136 Å². The zero-order valence-electron chi connectivity index (χ0n) is 10.1. The molecule has 4 N–H and O–H groups in total. The molecule has 19 heavy (non-hydrogen) atoms. The van der Waals surface area contributed by atoms with E-state index in [0.717, 1.165) is 6.07 Å². The molecule has 1 rings (SSSR count). The molecule has 102 valence electrons. The first-order chi connectivity index (χ1) is 8.82. The normalized spacial score (nSPS) is 11.6. The van der Waals surface area contributed by atoms with Crippen LogP contribution in [0.3, 0.4) is 0 Å². The maximum Gasteiger partial charge on any atom is 0.311 e. The number of para-hydroxylation sites is 1. The number of phenolic OH excluding ortho intramolecular Hbond substituents is 1. The molecular formula is C11H13N3O5. The van der Waals surface area contributed by atoms with E-state index in [2.05, 4.69) is 5.32 Å². The van der Waals surface area contributed by atoms with Crippen molar-refractivity contribution < 1.29 is 19.6 Å². The fourth-order valence-corrected chi connectivity index (χ4v) is 1.52. The number of rotatable bonds is 5. The van der Waals surface area contributed by atoms with E-state index in [1.54, 1.807) is 6.92 Å². The highest BCUT2D eigenvalue weighted by molar-refractivity contribution is 5.98. The smallest absolute Gasteiger partial charge is 0.311 e. The van der Waals surface area contributed by atoms with Gasteiger partial charge >= 0.3 is 5.69 Å². The molecule has 0 bridgehead atoms. The molecule has 8 heteroatoms. The number of nitro benzene ring substituents is 1. The summed E-state index contributed by atoms with van der Waals surface area (Å²) in [4.78, 5) is 32.3. The molecule has 1 aromatic rings. The fraction of sp³-hybridized carbons (Fsp3) is 0.273. The number of amides is 2. The van der Waals surface area contributed by atoms with Crippen LogP contribution in [0.15, 0.2) is 18.2 Å². The summed E-state index contributed by atoms with van der Waals surface area (Å²) in [5.74, 6) is -2.01. The zero-order valence-corrected chi connectivity index (χ0v) is 10.1. The van der Waals surface area contributed by atoms with Gasteiger partial charge in [0.2, 0.25) is 11.7 Å². The predicted molar refractivity (Wildman–Crippen MR) is 65.5 cm³/mol. The first-order valence-corrected chi connectivity index (χ1v) is 5.38. The van der Waals surface area contributed by atoms with Crippen molar-refractivity contribution in [3.05, 3.63) is 33.9 Å². The van der Waals surface area contributed by atoms with Crippen LogP contribution in [0, 0.1) is 10.1 Å². The number of aromatic hydroxyl groups is 1. The minimum atomic E-state index is -0.793. The second-order valence-electron chi connectivity index (χ2n) is 3.98. The highest BCUT2D eigenvalue weighted by atomic mass is 16.6. The molecule has 1 aromatic carbocycles. The average molecular weight is 267 g/mol. The van der Waals surface area contributed by atoms with Crippen molar-refractivity contribution in [2.75, 3.05) is 0 Å². The molecule has 0 saturated heterocycles. The summed E-state index contributed by atoms with van der Waals surface area (Å²) < 4.78 is 0. The Labute approximate surface area is 108 Å². The molecule has 0 aromatic heterocycles. The van der Waals surface area contributed by atoms with E-state index in [-0.39, 0.29) is 12.0 Å². The number of carbonyl (C=O) groups is 2. The minimum Gasteiger partial charge on any atom is -0.502 e. The second kappa shape index (κ2) is 5.80. The summed E-state index contributed by atoms with van der Waals surface area (Å²) in [7, 11) is 0. The largest absolute Gasteiger partial charge is 0.502 e. The van der Waals surface area contributed by atoms with Crippen LogP contribution >= 0.6 is 0 Å². The van der Waals surface area contributed by atoms with Gasteiger partial charge in [-0.25, -0.2) is 0 Å². The van der Waals surface area contributed by atoms with Gasteiger partial charge in [-0.05, 0) is 13.0 Å². The Morgan fingerprint density at radius 3 is 2.68 bits per heavy atom. The van der Waals surface area contributed by atoms with E-state index in [1.165, 1.54) is 12.1 Å². The SMILES string of the molecule is CC(CC(N)=O)NC(=O)c1cccc([N+](=O)[O-])c1O. The average Bonchev–Trinajstić information content (AvgIpc) is 2.27. The molecule has 2 amide bonds. The Kier molecular flexibility index (Phi) is 4.41. The Morgan fingerprint density at radius 2 is 2.16 bits per heavy atom. The Morgan fingerprint density at radius 1 is 1.53 bits per heavy atom. The maximum absolute atomic E-state index is 11.8. The predicted octanol–water partition coefficient (Wildman–Crippen LogP) is 0.294. The first kappa shape index (κ1) is 14.4.